The minimum Gasteiger partial charge on any atom is -0.369 e. The summed E-state index contributed by atoms with van der Waals surface area (Å²) >= 11 is 0. The first-order valence-corrected chi connectivity index (χ1v) is 5.22. The number of nitrogens with one attached hydrogen (secondary N) is 2. The normalized spacial score (nSPS) is 10.1. The van der Waals surface area contributed by atoms with Crippen molar-refractivity contribution in [3.8, 4) is 0 Å². The van der Waals surface area contributed by atoms with E-state index in [1.54, 1.807) is 0 Å². The summed E-state index contributed by atoms with van der Waals surface area (Å²) in [5, 5.41) is 5.29. The summed E-state index contributed by atoms with van der Waals surface area (Å²) < 4.78 is 5.13. The minimum absolute atomic E-state index is 0.0764. The van der Waals surface area contributed by atoms with Crippen LogP contribution in [0.15, 0.2) is 0 Å². The van der Waals surface area contributed by atoms with Gasteiger partial charge < -0.3 is 15.4 Å². The van der Waals surface area contributed by atoms with E-state index < -0.39 is 0 Å². The van der Waals surface area contributed by atoms with Crippen LogP contribution < -0.4 is 10.6 Å². The lowest BCUT2D eigenvalue weighted by atomic mass is 10.3. The van der Waals surface area contributed by atoms with Crippen molar-refractivity contribution in [2.75, 3.05) is 19.7 Å². The van der Waals surface area contributed by atoms with E-state index in [2.05, 4.69) is 10.6 Å². The molecule has 0 radical (unpaired) electrons. The molecule has 5 nitrogen and oxygen atoms in total. The van der Waals surface area contributed by atoms with Crippen LogP contribution in [-0.4, -0.2) is 38.1 Å². The lowest BCUT2D eigenvalue weighted by molar-refractivity contribution is -0.127. The largest absolute Gasteiger partial charge is 0.369 e. The topological polar surface area (TPSA) is 67.4 Å². The molecule has 0 aliphatic heterocycles. The van der Waals surface area contributed by atoms with Crippen LogP contribution in [0.1, 0.15) is 26.7 Å². The van der Waals surface area contributed by atoms with Crippen molar-refractivity contribution in [2.45, 2.75) is 32.8 Å². The highest BCUT2D eigenvalue weighted by molar-refractivity contribution is 5.77. The summed E-state index contributed by atoms with van der Waals surface area (Å²) in [6, 6.07) is 0. The van der Waals surface area contributed by atoms with Crippen molar-refractivity contribution in [1.29, 1.82) is 0 Å². The highest BCUT2D eigenvalue weighted by Gasteiger charge is 2.01. The van der Waals surface area contributed by atoms with E-state index >= 15 is 0 Å². The second-order valence-corrected chi connectivity index (χ2v) is 3.49. The molecule has 0 saturated carbocycles. The Morgan fingerprint density at radius 1 is 1.33 bits per heavy atom. The van der Waals surface area contributed by atoms with Crippen LogP contribution in [0.5, 0.6) is 0 Å². The molecule has 0 saturated heterocycles. The lowest BCUT2D eigenvalue weighted by Gasteiger charge is -2.08. The molecule has 88 valence electrons. The van der Waals surface area contributed by atoms with Crippen LogP contribution in [0.25, 0.3) is 0 Å². The first-order chi connectivity index (χ1) is 7.16. The standard InChI is InChI=1S/C10H20N2O3/c1-9(2)15-7-10(14)12-6-4-3-5-11-8-13/h8-9H,3-7H2,1-2H3,(H,11,13)(H,12,14). The van der Waals surface area contributed by atoms with Gasteiger partial charge in [0.1, 0.15) is 6.61 Å². The molecule has 2 amide bonds. The zero-order valence-corrected chi connectivity index (χ0v) is 9.41. The molecule has 0 spiro atoms. The first-order valence-electron chi connectivity index (χ1n) is 5.22. The van der Waals surface area contributed by atoms with Crippen LogP contribution >= 0.6 is 0 Å². The third kappa shape index (κ3) is 10.8. The van der Waals surface area contributed by atoms with E-state index in [1.165, 1.54) is 0 Å². The van der Waals surface area contributed by atoms with Gasteiger partial charge in [-0.1, -0.05) is 0 Å². The number of carbonyl (C=O) groups excluding carboxylic acids is 2. The molecular weight excluding hydrogens is 196 g/mol. The van der Waals surface area contributed by atoms with Gasteiger partial charge in [0.15, 0.2) is 0 Å². The molecule has 0 aromatic rings. The molecule has 0 heterocycles. The fourth-order valence-corrected chi connectivity index (χ4v) is 0.932. The highest BCUT2D eigenvalue weighted by atomic mass is 16.5. The average molecular weight is 216 g/mol. The molecule has 15 heavy (non-hydrogen) atoms. The van der Waals surface area contributed by atoms with Gasteiger partial charge in [0.25, 0.3) is 0 Å². The predicted molar refractivity (Wildman–Crippen MR) is 57.4 cm³/mol. The zero-order valence-electron chi connectivity index (χ0n) is 9.41. The van der Waals surface area contributed by atoms with Gasteiger partial charge in [0, 0.05) is 13.1 Å². The summed E-state index contributed by atoms with van der Waals surface area (Å²) in [4.78, 5) is 21.0. The minimum atomic E-state index is -0.0907. The molecule has 0 aliphatic carbocycles. The Morgan fingerprint density at radius 2 is 2.00 bits per heavy atom. The van der Waals surface area contributed by atoms with Crippen LogP contribution in [0.3, 0.4) is 0 Å². The number of hydrogen-bond acceptors (Lipinski definition) is 3. The van der Waals surface area contributed by atoms with Gasteiger partial charge in [-0.3, -0.25) is 9.59 Å². The maximum atomic E-state index is 11.1. The summed E-state index contributed by atoms with van der Waals surface area (Å²) in [6.07, 6.45) is 2.47. The molecule has 0 aliphatic rings. The fourth-order valence-electron chi connectivity index (χ4n) is 0.932. The zero-order chi connectivity index (χ0) is 11.5. The van der Waals surface area contributed by atoms with Crippen LogP contribution in [0, 0.1) is 0 Å². The van der Waals surface area contributed by atoms with E-state index in [-0.39, 0.29) is 18.6 Å². The molecule has 2 N–H and O–H groups in total. The maximum Gasteiger partial charge on any atom is 0.246 e. The smallest absolute Gasteiger partial charge is 0.246 e. The second kappa shape index (κ2) is 9.45. The van der Waals surface area contributed by atoms with Crippen molar-refractivity contribution in [3.63, 3.8) is 0 Å². The number of rotatable bonds is 9. The van der Waals surface area contributed by atoms with Crippen molar-refractivity contribution in [3.05, 3.63) is 0 Å². The van der Waals surface area contributed by atoms with Crippen LogP contribution in [-0.2, 0) is 14.3 Å². The number of hydrogen-bond donors (Lipinski definition) is 2. The number of carbonyl (C=O) groups is 2. The van der Waals surface area contributed by atoms with Crippen molar-refractivity contribution in [1.82, 2.24) is 10.6 Å². The Labute approximate surface area is 90.6 Å². The average Bonchev–Trinajstić information content (AvgIpc) is 2.20. The molecule has 0 bridgehead atoms. The molecule has 0 atom stereocenters. The SMILES string of the molecule is CC(C)OCC(=O)NCCCCNC=O. The second-order valence-electron chi connectivity index (χ2n) is 3.49. The van der Waals surface area contributed by atoms with Gasteiger partial charge in [-0.2, -0.15) is 0 Å². The summed E-state index contributed by atoms with van der Waals surface area (Å²) in [7, 11) is 0. The van der Waals surface area contributed by atoms with Crippen molar-refractivity contribution < 1.29 is 14.3 Å². The van der Waals surface area contributed by atoms with Crippen molar-refractivity contribution >= 4 is 12.3 Å². The first kappa shape index (κ1) is 13.9. The van der Waals surface area contributed by atoms with Gasteiger partial charge in [0.05, 0.1) is 6.10 Å². The Bertz CT molecular complexity index is 184. The van der Waals surface area contributed by atoms with Gasteiger partial charge >= 0.3 is 0 Å². The lowest BCUT2D eigenvalue weighted by Crippen LogP contribution is -2.30. The third-order valence-electron chi connectivity index (χ3n) is 1.70. The van der Waals surface area contributed by atoms with Crippen LogP contribution in [0.4, 0.5) is 0 Å². The monoisotopic (exact) mass is 216 g/mol. The Kier molecular flexibility index (Phi) is 8.76. The Hall–Kier alpha value is -1.10. The third-order valence-corrected chi connectivity index (χ3v) is 1.70. The van der Waals surface area contributed by atoms with Crippen LogP contribution in [0.2, 0.25) is 0 Å². The van der Waals surface area contributed by atoms with E-state index in [0.29, 0.717) is 19.5 Å². The molecular formula is C10H20N2O3. The Balaban J connectivity index is 3.20. The summed E-state index contributed by atoms with van der Waals surface area (Å²) in [5.74, 6) is -0.0907. The van der Waals surface area contributed by atoms with Gasteiger partial charge in [-0.25, -0.2) is 0 Å². The predicted octanol–water partition coefficient (Wildman–Crippen LogP) is 0.0538. The van der Waals surface area contributed by atoms with E-state index in [9.17, 15) is 9.59 Å². The fraction of sp³-hybridized carbons (Fsp3) is 0.800. The Morgan fingerprint density at radius 3 is 2.60 bits per heavy atom. The molecule has 0 aromatic heterocycles. The number of ether oxygens (including phenoxy) is 1. The maximum absolute atomic E-state index is 11.1. The number of amides is 2. The molecule has 0 fully saturated rings. The van der Waals surface area contributed by atoms with E-state index in [1.807, 2.05) is 13.8 Å². The quantitative estimate of drug-likeness (QED) is 0.423. The molecule has 5 heteroatoms. The summed E-state index contributed by atoms with van der Waals surface area (Å²) in [5.41, 5.74) is 0. The number of unbranched alkanes of at least 4 members (excludes halogenated alkanes) is 1. The molecule has 0 unspecified atom stereocenters. The highest BCUT2D eigenvalue weighted by Crippen LogP contribution is 1.87. The van der Waals surface area contributed by atoms with Gasteiger partial charge in [-0.05, 0) is 26.7 Å². The van der Waals surface area contributed by atoms with E-state index in [0.717, 1.165) is 12.8 Å². The molecule has 0 rings (SSSR count). The van der Waals surface area contributed by atoms with Gasteiger partial charge in [-0.15, -0.1) is 0 Å². The van der Waals surface area contributed by atoms with E-state index in [4.69, 9.17) is 4.74 Å². The molecule has 0 aromatic carbocycles. The van der Waals surface area contributed by atoms with Crippen molar-refractivity contribution in [2.24, 2.45) is 0 Å². The summed E-state index contributed by atoms with van der Waals surface area (Å²) in [6.45, 7) is 5.17. The van der Waals surface area contributed by atoms with Gasteiger partial charge in [0.2, 0.25) is 12.3 Å².